The first kappa shape index (κ1) is 22.0. The third-order valence-corrected chi connectivity index (χ3v) is 6.95. The summed E-state index contributed by atoms with van der Waals surface area (Å²) in [5, 5.41) is 13.6. The predicted octanol–water partition coefficient (Wildman–Crippen LogP) is 3.44. The summed E-state index contributed by atoms with van der Waals surface area (Å²) >= 11 is 6.12. The van der Waals surface area contributed by atoms with Crippen LogP contribution in [0.1, 0.15) is 19.3 Å². The number of nitro benzene ring substituents is 1. The number of piperidine rings is 1. The van der Waals surface area contributed by atoms with E-state index in [1.165, 1.54) is 40.7 Å². The van der Waals surface area contributed by atoms with Gasteiger partial charge < -0.3 is 10.1 Å². The van der Waals surface area contributed by atoms with Gasteiger partial charge in [0.2, 0.25) is 10.0 Å². The monoisotopic (exact) mass is 453 g/mol. The maximum atomic E-state index is 12.9. The number of rotatable bonds is 7. The normalized spacial score (nSPS) is 14.8. The van der Waals surface area contributed by atoms with E-state index in [0.29, 0.717) is 13.1 Å². The Balaban J connectivity index is 1.71. The number of nitrogens with zero attached hydrogens (tertiary/aromatic N) is 2. The molecule has 11 heteroatoms. The number of benzene rings is 2. The van der Waals surface area contributed by atoms with Crippen LogP contribution in [-0.2, 0) is 14.8 Å². The van der Waals surface area contributed by atoms with Crippen molar-refractivity contribution in [1.82, 2.24) is 4.31 Å². The number of anilines is 1. The van der Waals surface area contributed by atoms with Crippen molar-refractivity contribution in [3.63, 3.8) is 0 Å². The smallest absolute Gasteiger partial charge is 0.310 e. The predicted molar refractivity (Wildman–Crippen MR) is 111 cm³/mol. The van der Waals surface area contributed by atoms with Crippen LogP contribution in [0.15, 0.2) is 47.4 Å². The van der Waals surface area contributed by atoms with Gasteiger partial charge in [0.25, 0.3) is 5.91 Å². The van der Waals surface area contributed by atoms with Gasteiger partial charge in [-0.05, 0) is 37.1 Å². The van der Waals surface area contributed by atoms with Gasteiger partial charge in [-0.2, -0.15) is 4.31 Å². The van der Waals surface area contributed by atoms with Crippen molar-refractivity contribution < 1.29 is 22.9 Å². The van der Waals surface area contributed by atoms with Crippen LogP contribution in [0.3, 0.4) is 0 Å². The SMILES string of the molecule is O=C(COc1ccccc1[N+](=O)[O-])Nc1ccc(Cl)c(S(=O)(=O)N2CCCCC2)c1. The molecule has 1 fully saturated rings. The fourth-order valence-electron chi connectivity index (χ4n) is 3.09. The van der Waals surface area contributed by atoms with Gasteiger partial charge in [-0.25, -0.2) is 8.42 Å². The standard InChI is InChI=1S/C19H20ClN3O6S/c20-15-9-8-14(12-18(15)30(27,28)22-10-4-1-5-11-22)21-19(24)13-29-17-7-3-2-6-16(17)23(25)26/h2-3,6-9,12H,1,4-5,10-11,13H2,(H,21,24). The zero-order valence-electron chi connectivity index (χ0n) is 15.9. The number of ether oxygens (including phenoxy) is 1. The van der Waals surface area contributed by atoms with Gasteiger partial charge in [0.15, 0.2) is 12.4 Å². The maximum Gasteiger partial charge on any atom is 0.310 e. The van der Waals surface area contributed by atoms with Crippen molar-refractivity contribution >= 4 is 38.9 Å². The summed E-state index contributed by atoms with van der Waals surface area (Å²) in [7, 11) is -3.78. The lowest BCUT2D eigenvalue weighted by molar-refractivity contribution is -0.385. The molecule has 0 aromatic heterocycles. The van der Waals surface area contributed by atoms with E-state index in [4.69, 9.17) is 16.3 Å². The molecule has 0 radical (unpaired) electrons. The number of hydrogen-bond donors (Lipinski definition) is 1. The van der Waals surface area contributed by atoms with Crippen LogP contribution in [-0.4, -0.2) is 43.2 Å². The highest BCUT2D eigenvalue weighted by molar-refractivity contribution is 7.89. The van der Waals surface area contributed by atoms with Crippen LogP contribution in [0.25, 0.3) is 0 Å². The molecule has 0 atom stereocenters. The summed E-state index contributed by atoms with van der Waals surface area (Å²) in [4.78, 5) is 22.5. The number of nitro groups is 1. The number of nitrogens with one attached hydrogen (secondary N) is 1. The first-order valence-corrected chi connectivity index (χ1v) is 11.1. The highest BCUT2D eigenvalue weighted by atomic mass is 35.5. The first-order valence-electron chi connectivity index (χ1n) is 9.25. The molecule has 0 spiro atoms. The number of carbonyl (C=O) groups excluding carboxylic acids is 1. The van der Waals surface area contributed by atoms with Crippen LogP contribution >= 0.6 is 11.6 Å². The molecule has 1 amide bonds. The highest BCUT2D eigenvalue weighted by Gasteiger charge is 2.28. The molecule has 0 aliphatic carbocycles. The largest absolute Gasteiger partial charge is 0.477 e. The average molecular weight is 454 g/mol. The molecule has 1 N–H and O–H groups in total. The van der Waals surface area contributed by atoms with Crippen molar-refractivity contribution in [2.45, 2.75) is 24.2 Å². The molecule has 0 saturated carbocycles. The topological polar surface area (TPSA) is 119 Å². The summed E-state index contributed by atoms with van der Waals surface area (Å²) in [6, 6.07) is 9.87. The Kier molecular flexibility index (Phi) is 6.91. The summed E-state index contributed by atoms with van der Waals surface area (Å²) in [5.74, 6) is -0.640. The van der Waals surface area contributed by atoms with Crippen molar-refractivity contribution in [3.8, 4) is 5.75 Å². The van der Waals surface area contributed by atoms with Gasteiger partial charge >= 0.3 is 5.69 Å². The number of sulfonamides is 1. The van der Waals surface area contributed by atoms with Crippen molar-refractivity contribution in [2.75, 3.05) is 25.0 Å². The molecule has 1 aliphatic rings. The Hall–Kier alpha value is -2.69. The second-order valence-electron chi connectivity index (χ2n) is 6.67. The minimum atomic E-state index is -3.78. The van der Waals surface area contributed by atoms with Gasteiger partial charge in [0.05, 0.1) is 9.95 Å². The second kappa shape index (κ2) is 9.41. The molecule has 0 unspecified atom stereocenters. The van der Waals surface area contributed by atoms with Gasteiger partial charge in [-0.15, -0.1) is 0 Å². The minimum absolute atomic E-state index is 0.0397. The molecule has 1 saturated heterocycles. The Labute approximate surface area is 178 Å². The second-order valence-corrected chi connectivity index (χ2v) is 8.99. The fraction of sp³-hybridized carbons (Fsp3) is 0.316. The molecule has 1 heterocycles. The average Bonchev–Trinajstić information content (AvgIpc) is 2.74. The molecule has 1 aliphatic heterocycles. The Morgan fingerprint density at radius 3 is 2.57 bits per heavy atom. The molecule has 2 aromatic carbocycles. The fourth-order valence-corrected chi connectivity index (χ4v) is 5.11. The van der Waals surface area contributed by atoms with E-state index in [-0.39, 0.29) is 27.0 Å². The van der Waals surface area contributed by atoms with Gasteiger partial charge in [0.1, 0.15) is 4.90 Å². The lowest BCUT2D eigenvalue weighted by Gasteiger charge is -2.26. The van der Waals surface area contributed by atoms with Gasteiger partial charge in [-0.1, -0.05) is 30.2 Å². The van der Waals surface area contributed by atoms with E-state index in [2.05, 4.69) is 5.32 Å². The first-order chi connectivity index (χ1) is 14.3. The summed E-state index contributed by atoms with van der Waals surface area (Å²) < 4.78 is 32.4. The Bertz CT molecular complexity index is 1050. The van der Waals surface area contributed by atoms with E-state index < -0.39 is 27.5 Å². The number of para-hydroxylation sites is 2. The van der Waals surface area contributed by atoms with E-state index in [1.807, 2.05) is 0 Å². The number of amides is 1. The van der Waals surface area contributed by atoms with Crippen LogP contribution < -0.4 is 10.1 Å². The summed E-state index contributed by atoms with van der Waals surface area (Å²) in [6.07, 6.45) is 2.56. The molecule has 30 heavy (non-hydrogen) atoms. The third kappa shape index (κ3) is 5.07. The van der Waals surface area contributed by atoms with Crippen LogP contribution in [0, 0.1) is 10.1 Å². The van der Waals surface area contributed by atoms with Gasteiger partial charge in [0, 0.05) is 24.8 Å². The minimum Gasteiger partial charge on any atom is -0.477 e. The molecular weight excluding hydrogens is 434 g/mol. The zero-order chi connectivity index (χ0) is 21.7. The lowest BCUT2D eigenvalue weighted by Crippen LogP contribution is -2.35. The van der Waals surface area contributed by atoms with Crippen molar-refractivity contribution in [2.24, 2.45) is 0 Å². The lowest BCUT2D eigenvalue weighted by atomic mass is 10.2. The maximum absolute atomic E-state index is 12.9. The highest BCUT2D eigenvalue weighted by Crippen LogP contribution is 2.30. The number of hydrogen-bond acceptors (Lipinski definition) is 6. The van der Waals surface area contributed by atoms with Crippen LogP contribution in [0.4, 0.5) is 11.4 Å². The summed E-state index contributed by atoms with van der Waals surface area (Å²) in [5.41, 5.74) is -0.0298. The van der Waals surface area contributed by atoms with Crippen molar-refractivity contribution in [1.29, 1.82) is 0 Å². The zero-order valence-corrected chi connectivity index (χ0v) is 17.5. The van der Waals surface area contributed by atoms with Gasteiger partial charge in [-0.3, -0.25) is 14.9 Å². The molecule has 0 bridgehead atoms. The van der Waals surface area contributed by atoms with E-state index >= 15 is 0 Å². The Morgan fingerprint density at radius 2 is 1.87 bits per heavy atom. The van der Waals surface area contributed by atoms with Crippen LogP contribution in [0.5, 0.6) is 5.75 Å². The van der Waals surface area contributed by atoms with E-state index in [9.17, 15) is 23.3 Å². The van der Waals surface area contributed by atoms with E-state index in [0.717, 1.165) is 19.3 Å². The number of carbonyl (C=O) groups is 1. The van der Waals surface area contributed by atoms with Crippen molar-refractivity contribution in [3.05, 3.63) is 57.6 Å². The van der Waals surface area contributed by atoms with Crippen LogP contribution in [0.2, 0.25) is 5.02 Å². The molecular formula is C19H20ClN3O6S. The molecule has 9 nitrogen and oxygen atoms in total. The quantitative estimate of drug-likeness (QED) is 0.506. The molecule has 160 valence electrons. The molecule has 3 rings (SSSR count). The number of halogens is 1. The Morgan fingerprint density at radius 1 is 1.17 bits per heavy atom. The third-order valence-electron chi connectivity index (χ3n) is 4.57. The summed E-state index contributed by atoms with van der Waals surface area (Å²) in [6.45, 7) is 0.375. The molecule has 2 aromatic rings. The van der Waals surface area contributed by atoms with E-state index in [1.54, 1.807) is 6.07 Å².